The molecule has 0 aliphatic rings. The van der Waals surface area contributed by atoms with Gasteiger partial charge in [0.25, 0.3) is 10.0 Å². The molecule has 0 aliphatic heterocycles. The van der Waals surface area contributed by atoms with Crippen LogP contribution in [-0.4, -0.2) is 26.0 Å². The van der Waals surface area contributed by atoms with E-state index in [2.05, 4.69) is 0 Å². The van der Waals surface area contributed by atoms with Gasteiger partial charge in [-0.2, -0.15) is 0 Å². The molecule has 7 heteroatoms. The lowest BCUT2D eigenvalue weighted by molar-refractivity contribution is -0.137. The summed E-state index contributed by atoms with van der Waals surface area (Å²) < 4.78 is 40.3. The summed E-state index contributed by atoms with van der Waals surface area (Å²) in [6.45, 7) is 1.79. The van der Waals surface area contributed by atoms with Gasteiger partial charge in [-0.25, -0.2) is 12.8 Å². The predicted molar refractivity (Wildman–Crippen MR) is 89.0 cm³/mol. The molecule has 0 fully saturated rings. The van der Waals surface area contributed by atoms with Crippen molar-refractivity contribution in [2.24, 2.45) is 0 Å². The van der Waals surface area contributed by atoms with Crippen LogP contribution in [0, 0.1) is 12.7 Å². The van der Waals surface area contributed by atoms with Gasteiger partial charge in [-0.3, -0.25) is 9.10 Å². The number of carboxylic acid groups (broad SMARTS) is 1. The van der Waals surface area contributed by atoms with E-state index in [1.807, 2.05) is 6.92 Å². The zero-order chi connectivity index (χ0) is 17.7. The molecule has 0 saturated heterocycles. The molecule has 0 aliphatic carbocycles. The fraction of sp³-hybridized carbons (Fsp3) is 0.235. The Kier molecular flexibility index (Phi) is 5.56. The first-order valence-corrected chi connectivity index (χ1v) is 8.81. The van der Waals surface area contributed by atoms with E-state index in [1.54, 1.807) is 12.1 Å². The van der Waals surface area contributed by atoms with Gasteiger partial charge >= 0.3 is 5.97 Å². The highest BCUT2D eigenvalue weighted by Crippen LogP contribution is 2.25. The SMILES string of the molecule is Cc1ccc(S(=O)(=O)N(CCCC(=O)O)c2cccc(F)c2)cc1. The maximum Gasteiger partial charge on any atom is 0.303 e. The summed E-state index contributed by atoms with van der Waals surface area (Å²) in [7, 11) is -3.91. The van der Waals surface area contributed by atoms with Crippen molar-refractivity contribution in [1.82, 2.24) is 0 Å². The molecule has 24 heavy (non-hydrogen) atoms. The number of carbonyl (C=O) groups is 1. The normalized spacial score (nSPS) is 11.2. The molecule has 2 aromatic rings. The smallest absolute Gasteiger partial charge is 0.303 e. The largest absolute Gasteiger partial charge is 0.481 e. The maximum atomic E-state index is 13.5. The topological polar surface area (TPSA) is 74.7 Å². The van der Waals surface area contributed by atoms with Crippen LogP contribution in [0.25, 0.3) is 0 Å². The lowest BCUT2D eigenvalue weighted by atomic mass is 10.2. The van der Waals surface area contributed by atoms with Crippen molar-refractivity contribution < 1.29 is 22.7 Å². The second-order valence-electron chi connectivity index (χ2n) is 5.37. The molecule has 2 rings (SSSR count). The minimum atomic E-state index is -3.91. The van der Waals surface area contributed by atoms with Gasteiger partial charge in [-0.15, -0.1) is 0 Å². The van der Waals surface area contributed by atoms with Gasteiger partial charge in [0.2, 0.25) is 0 Å². The third kappa shape index (κ3) is 4.32. The van der Waals surface area contributed by atoms with Crippen LogP contribution >= 0.6 is 0 Å². The van der Waals surface area contributed by atoms with Crippen LogP contribution in [0.15, 0.2) is 53.4 Å². The van der Waals surface area contributed by atoms with Crippen molar-refractivity contribution in [3.8, 4) is 0 Å². The lowest BCUT2D eigenvalue weighted by Gasteiger charge is -2.24. The number of benzene rings is 2. The molecule has 0 amide bonds. The summed E-state index contributed by atoms with van der Waals surface area (Å²) in [5.41, 5.74) is 1.08. The van der Waals surface area contributed by atoms with Crippen LogP contribution in [-0.2, 0) is 14.8 Å². The summed E-state index contributed by atoms with van der Waals surface area (Å²) in [5, 5.41) is 8.76. The number of sulfonamides is 1. The highest BCUT2D eigenvalue weighted by molar-refractivity contribution is 7.92. The molecule has 0 radical (unpaired) electrons. The van der Waals surface area contributed by atoms with E-state index in [9.17, 15) is 17.6 Å². The number of rotatable bonds is 7. The zero-order valence-electron chi connectivity index (χ0n) is 13.1. The second-order valence-corrected chi connectivity index (χ2v) is 7.23. The predicted octanol–water partition coefficient (Wildman–Crippen LogP) is 3.19. The fourth-order valence-electron chi connectivity index (χ4n) is 2.23. The number of aryl methyl sites for hydroxylation is 1. The lowest BCUT2D eigenvalue weighted by Crippen LogP contribution is -2.32. The molecule has 0 atom stereocenters. The van der Waals surface area contributed by atoms with Gasteiger partial charge in [-0.05, 0) is 43.7 Å². The van der Waals surface area contributed by atoms with Gasteiger partial charge in [-0.1, -0.05) is 23.8 Å². The van der Waals surface area contributed by atoms with E-state index in [0.717, 1.165) is 15.9 Å². The van der Waals surface area contributed by atoms with Crippen LogP contribution in [0.1, 0.15) is 18.4 Å². The van der Waals surface area contributed by atoms with Crippen molar-refractivity contribution in [2.45, 2.75) is 24.7 Å². The quantitative estimate of drug-likeness (QED) is 0.831. The Morgan fingerprint density at radius 1 is 1.17 bits per heavy atom. The fourth-order valence-corrected chi connectivity index (χ4v) is 3.73. The van der Waals surface area contributed by atoms with Crippen LogP contribution in [0.3, 0.4) is 0 Å². The molecule has 5 nitrogen and oxygen atoms in total. The molecule has 0 unspecified atom stereocenters. The minimum absolute atomic E-state index is 0.0496. The number of hydrogen-bond acceptors (Lipinski definition) is 3. The summed E-state index contributed by atoms with van der Waals surface area (Å²) in [6, 6.07) is 11.5. The molecular weight excluding hydrogens is 333 g/mol. The Bertz CT molecular complexity index is 819. The third-order valence-corrected chi connectivity index (χ3v) is 5.30. The molecule has 128 valence electrons. The van der Waals surface area contributed by atoms with E-state index in [1.165, 1.54) is 30.3 Å². The van der Waals surface area contributed by atoms with Crippen LogP contribution in [0.2, 0.25) is 0 Å². The Morgan fingerprint density at radius 2 is 1.83 bits per heavy atom. The molecule has 0 heterocycles. The highest BCUT2D eigenvalue weighted by atomic mass is 32.2. The number of hydrogen-bond donors (Lipinski definition) is 1. The van der Waals surface area contributed by atoms with Crippen LogP contribution < -0.4 is 4.31 Å². The van der Waals surface area contributed by atoms with Crippen molar-refractivity contribution in [3.63, 3.8) is 0 Å². The van der Waals surface area contributed by atoms with Gasteiger partial charge in [0, 0.05) is 13.0 Å². The molecule has 1 N–H and O–H groups in total. The second kappa shape index (κ2) is 7.44. The Hall–Kier alpha value is -2.41. The molecule has 2 aromatic carbocycles. The third-order valence-electron chi connectivity index (χ3n) is 3.46. The first kappa shape index (κ1) is 17.9. The van der Waals surface area contributed by atoms with E-state index in [0.29, 0.717) is 0 Å². The van der Waals surface area contributed by atoms with Crippen molar-refractivity contribution in [3.05, 3.63) is 59.9 Å². The molecule has 0 bridgehead atoms. The van der Waals surface area contributed by atoms with E-state index >= 15 is 0 Å². The molecule has 0 spiro atoms. The Labute approximate surface area is 140 Å². The number of nitrogens with zero attached hydrogens (tertiary/aromatic N) is 1. The molecular formula is C17H18FNO4S. The van der Waals surface area contributed by atoms with E-state index in [-0.39, 0.29) is 30.0 Å². The molecule has 0 saturated carbocycles. The van der Waals surface area contributed by atoms with Crippen LogP contribution in [0.5, 0.6) is 0 Å². The van der Waals surface area contributed by atoms with Gasteiger partial charge in [0.1, 0.15) is 5.82 Å². The van der Waals surface area contributed by atoms with E-state index < -0.39 is 21.8 Å². The van der Waals surface area contributed by atoms with Crippen molar-refractivity contribution >= 4 is 21.7 Å². The number of carboxylic acids is 1. The minimum Gasteiger partial charge on any atom is -0.481 e. The number of aliphatic carboxylic acids is 1. The van der Waals surface area contributed by atoms with Gasteiger partial charge < -0.3 is 5.11 Å². The monoisotopic (exact) mass is 351 g/mol. The molecule has 0 aromatic heterocycles. The van der Waals surface area contributed by atoms with Gasteiger partial charge in [0.15, 0.2) is 0 Å². The Balaban J connectivity index is 2.40. The first-order valence-electron chi connectivity index (χ1n) is 7.37. The van der Waals surface area contributed by atoms with E-state index in [4.69, 9.17) is 5.11 Å². The van der Waals surface area contributed by atoms with Crippen molar-refractivity contribution in [1.29, 1.82) is 0 Å². The number of anilines is 1. The summed E-state index contributed by atoms with van der Waals surface area (Å²) in [6.07, 6.45) is -0.0494. The van der Waals surface area contributed by atoms with Crippen molar-refractivity contribution in [2.75, 3.05) is 10.8 Å². The first-order chi connectivity index (χ1) is 11.3. The average Bonchev–Trinajstić information content (AvgIpc) is 2.51. The summed E-state index contributed by atoms with van der Waals surface area (Å²) in [5.74, 6) is -1.57. The maximum absolute atomic E-state index is 13.5. The highest BCUT2D eigenvalue weighted by Gasteiger charge is 2.25. The zero-order valence-corrected chi connectivity index (χ0v) is 14.0. The summed E-state index contributed by atoms with van der Waals surface area (Å²) in [4.78, 5) is 10.8. The standard InChI is InChI=1S/C17H18FNO4S/c1-13-7-9-16(10-8-13)24(22,23)19(11-3-6-17(20)21)15-5-2-4-14(18)12-15/h2,4-5,7-10,12H,3,6,11H2,1H3,(H,20,21). The Morgan fingerprint density at radius 3 is 2.42 bits per heavy atom. The average molecular weight is 351 g/mol. The van der Waals surface area contributed by atoms with Gasteiger partial charge in [0.05, 0.1) is 10.6 Å². The van der Waals surface area contributed by atoms with Crippen LogP contribution in [0.4, 0.5) is 10.1 Å². The number of halogens is 1. The summed E-state index contributed by atoms with van der Waals surface area (Å²) >= 11 is 0.